The van der Waals surface area contributed by atoms with Crippen LogP contribution in [-0.2, 0) is 0 Å². The zero-order valence-corrected chi connectivity index (χ0v) is 13.0. The summed E-state index contributed by atoms with van der Waals surface area (Å²) < 4.78 is 5.71. The molecule has 0 saturated carbocycles. The second-order valence-corrected chi connectivity index (χ2v) is 5.72. The molecule has 112 valence electrons. The van der Waals surface area contributed by atoms with Crippen molar-refractivity contribution in [3.63, 3.8) is 0 Å². The van der Waals surface area contributed by atoms with Crippen LogP contribution in [0.5, 0.6) is 0 Å². The maximum atomic E-state index is 6.40. The van der Waals surface area contributed by atoms with Crippen LogP contribution < -0.4 is 5.73 Å². The Labute approximate surface area is 139 Å². The van der Waals surface area contributed by atoms with E-state index >= 15 is 0 Å². The van der Waals surface area contributed by atoms with E-state index in [0.29, 0.717) is 5.22 Å². The molecule has 4 rings (SSSR count). The van der Waals surface area contributed by atoms with Crippen LogP contribution >= 0.6 is 11.6 Å². The first-order valence-electron chi connectivity index (χ1n) is 7.37. The largest absolute Gasteiger partial charge is 0.444 e. The fourth-order valence-electron chi connectivity index (χ4n) is 2.94. The van der Waals surface area contributed by atoms with Gasteiger partial charge >= 0.3 is 0 Å². The Morgan fingerprint density at radius 1 is 0.696 bits per heavy atom. The Kier molecular flexibility index (Phi) is 3.32. The summed E-state index contributed by atoms with van der Waals surface area (Å²) in [7, 11) is 0. The number of rotatable bonds is 2. The van der Waals surface area contributed by atoms with E-state index in [4.69, 9.17) is 21.8 Å². The minimum atomic E-state index is 0.396. The second kappa shape index (κ2) is 5.49. The van der Waals surface area contributed by atoms with Crippen molar-refractivity contribution < 1.29 is 4.42 Å². The highest BCUT2D eigenvalue weighted by Crippen LogP contribution is 2.43. The van der Waals surface area contributed by atoms with Crippen molar-refractivity contribution in [1.29, 1.82) is 0 Å². The van der Waals surface area contributed by atoms with Gasteiger partial charge in [0.15, 0.2) is 0 Å². The Hall–Kier alpha value is -2.71. The summed E-state index contributed by atoms with van der Waals surface area (Å²) in [6, 6.07) is 23.8. The zero-order valence-electron chi connectivity index (χ0n) is 12.3. The van der Waals surface area contributed by atoms with Crippen molar-refractivity contribution in [1.82, 2.24) is 0 Å². The Morgan fingerprint density at radius 2 is 1.30 bits per heavy atom. The molecule has 2 nitrogen and oxygen atoms in total. The highest BCUT2D eigenvalue weighted by molar-refractivity contribution is 6.34. The first kappa shape index (κ1) is 13.9. The Morgan fingerprint density at radius 3 is 2.09 bits per heavy atom. The monoisotopic (exact) mass is 319 g/mol. The van der Waals surface area contributed by atoms with Crippen molar-refractivity contribution in [2.75, 3.05) is 5.73 Å². The number of nitrogens with two attached hydrogens (primary N) is 1. The predicted octanol–water partition coefficient (Wildman–Crippen LogP) is 6.00. The van der Waals surface area contributed by atoms with Crippen LogP contribution in [-0.4, -0.2) is 0 Å². The molecule has 1 aromatic heterocycles. The molecule has 4 aromatic rings. The molecule has 3 heteroatoms. The van der Waals surface area contributed by atoms with Gasteiger partial charge in [-0.2, -0.15) is 0 Å². The molecule has 0 spiro atoms. The van der Waals surface area contributed by atoms with Gasteiger partial charge in [-0.3, -0.25) is 0 Å². The first-order chi connectivity index (χ1) is 11.3. The maximum absolute atomic E-state index is 6.40. The summed E-state index contributed by atoms with van der Waals surface area (Å²) >= 11 is 6.40. The lowest BCUT2D eigenvalue weighted by molar-refractivity contribution is 0.619. The number of para-hydroxylation sites is 2. The molecule has 0 aliphatic carbocycles. The summed E-state index contributed by atoms with van der Waals surface area (Å²) in [5, 5.41) is 1.40. The summed E-state index contributed by atoms with van der Waals surface area (Å²) in [4.78, 5) is 0. The van der Waals surface area contributed by atoms with Gasteiger partial charge in [-0.1, -0.05) is 60.7 Å². The maximum Gasteiger partial charge on any atom is 0.202 e. The van der Waals surface area contributed by atoms with Crippen LogP contribution in [0.1, 0.15) is 0 Å². The van der Waals surface area contributed by atoms with Crippen molar-refractivity contribution in [2.24, 2.45) is 0 Å². The molecule has 2 N–H and O–H groups in total. The molecular formula is C20H14ClNO. The Balaban J connectivity index is 2.04. The average molecular weight is 320 g/mol. The van der Waals surface area contributed by atoms with Gasteiger partial charge in [-0.25, -0.2) is 0 Å². The molecule has 1 heterocycles. The van der Waals surface area contributed by atoms with Crippen molar-refractivity contribution in [3.05, 3.63) is 78.0 Å². The van der Waals surface area contributed by atoms with Gasteiger partial charge < -0.3 is 10.2 Å². The second-order valence-electron chi connectivity index (χ2n) is 5.38. The highest BCUT2D eigenvalue weighted by atomic mass is 35.5. The lowest BCUT2D eigenvalue weighted by Gasteiger charge is -2.11. The third-order valence-electron chi connectivity index (χ3n) is 4.00. The number of halogens is 1. The SMILES string of the molecule is Nc1ccccc1-c1ccccc1-c1c(Cl)oc2ccccc12. The number of hydrogen-bond acceptors (Lipinski definition) is 2. The first-order valence-corrected chi connectivity index (χ1v) is 7.75. The molecule has 0 aliphatic heterocycles. The highest BCUT2D eigenvalue weighted by Gasteiger charge is 2.18. The van der Waals surface area contributed by atoms with Crippen LogP contribution in [0.25, 0.3) is 33.2 Å². The molecule has 23 heavy (non-hydrogen) atoms. The minimum Gasteiger partial charge on any atom is -0.444 e. The Bertz CT molecular complexity index is 1000. The van der Waals surface area contributed by atoms with Gasteiger partial charge in [0.1, 0.15) is 5.58 Å². The van der Waals surface area contributed by atoms with Crippen LogP contribution in [0.2, 0.25) is 5.22 Å². The minimum absolute atomic E-state index is 0.396. The molecule has 0 aliphatic rings. The van der Waals surface area contributed by atoms with E-state index < -0.39 is 0 Å². The molecule has 0 radical (unpaired) electrons. The van der Waals surface area contributed by atoms with E-state index in [1.54, 1.807) is 0 Å². The number of benzene rings is 3. The number of furan rings is 1. The fraction of sp³-hybridized carbons (Fsp3) is 0. The van der Waals surface area contributed by atoms with Crippen molar-refractivity contribution >= 4 is 28.3 Å². The van der Waals surface area contributed by atoms with E-state index in [2.05, 4.69) is 6.07 Å². The fourth-order valence-corrected chi connectivity index (χ4v) is 3.23. The molecule has 3 aromatic carbocycles. The number of hydrogen-bond donors (Lipinski definition) is 1. The normalized spacial score (nSPS) is 11.0. The summed E-state index contributed by atoms with van der Waals surface area (Å²) in [6.45, 7) is 0. The molecule has 0 amide bonds. The van der Waals surface area contributed by atoms with Gasteiger partial charge in [-0.05, 0) is 34.9 Å². The average Bonchev–Trinajstić information content (AvgIpc) is 2.91. The van der Waals surface area contributed by atoms with Gasteiger partial charge in [0.05, 0.1) is 0 Å². The van der Waals surface area contributed by atoms with Crippen molar-refractivity contribution in [3.8, 4) is 22.3 Å². The number of anilines is 1. The third kappa shape index (κ3) is 2.28. The van der Waals surface area contributed by atoms with E-state index in [9.17, 15) is 0 Å². The van der Waals surface area contributed by atoms with Gasteiger partial charge in [-0.15, -0.1) is 0 Å². The third-order valence-corrected chi connectivity index (χ3v) is 4.27. The van der Waals surface area contributed by atoms with Crippen LogP contribution in [0, 0.1) is 0 Å². The van der Waals surface area contributed by atoms with Gasteiger partial charge in [0, 0.05) is 22.2 Å². The molecule has 0 fully saturated rings. The summed E-state index contributed by atoms with van der Waals surface area (Å²) in [5.74, 6) is 0. The quantitative estimate of drug-likeness (QED) is 0.460. The molecule has 0 saturated heterocycles. The topological polar surface area (TPSA) is 39.2 Å². The molecule has 0 atom stereocenters. The zero-order chi connectivity index (χ0) is 15.8. The predicted molar refractivity (Wildman–Crippen MR) is 96.5 cm³/mol. The van der Waals surface area contributed by atoms with E-state index in [1.807, 2.05) is 66.7 Å². The van der Waals surface area contributed by atoms with Crippen LogP contribution in [0.3, 0.4) is 0 Å². The molecule has 0 unspecified atom stereocenters. The number of fused-ring (bicyclic) bond motifs is 1. The summed E-state index contributed by atoms with van der Waals surface area (Å²) in [5.41, 5.74) is 11.6. The molecule has 0 bridgehead atoms. The van der Waals surface area contributed by atoms with E-state index in [-0.39, 0.29) is 0 Å². The summed E-state index contributed by atoms with van der Waals surface area (Å²) in [6.07, 6.45) is 0. The van der Waals surface area contributed by atoms with Gasteiger partial charge in [0.25, 0.3) is 0 Å². The van der Waals surface area contributed by atoms with E-state index in [1.165, 1.54) is 0 Å². The van der Waals surface area contributed by atoms with Crippen LogP contribution in [0.15, 0.2) is 77.2 Å². The van der Waals surface area contributed by atoms with E-state index in [0.717, 1.165) is 38.9 Å². The molecular weight excluding hydrogens is 306 g/mol. The van der Waals surface area contributed by atoms with Crippen LogP contribution in [0.4, 0.5) is 5.69 Å². The number of nitrogen functional groups attached to an aromatic ring is 1. The smallest absolute Gasteiger partial charge is 0.202 e. The lowest BCUT2D eigenvalue weighted by Crippen LogP contribution is -1.91. The van der Waals surface area contributed by atoms with Crippen molar-refractivity contribution in [2.45, 2.75) is 0 Å². The standard InChI is InChI=1S/C20H14ClNO/c21-20-19(16-10-4-6-12-18(16)23-20)15-9-2-1-7-13(15)14-8-3-5-11-17(14)22/h1-12H,22H2. The van der Waals surface area contributed by atoms with Gasteiger partial charge in [0.2, 0.25) is 5.22 Å². The lowest BCUT2D eigenvalue weighted by atomic mass is 9.93.